The van der Waals surface area contributed by atoms with E-state index in [9.17, 15) is 4.79 Å². The van der Waals surface area contributed by atoms with Crippen molar-refractivity contribution in [2.24, 2.45) is 5.10 Å². The first-order valence-electron chi connectivity index (χ1n) is 8.46. The number of carbonyl (C=O) groups is 1. The highest BCUT2D eigenvalue weighted by molar-refractivity contribution is 9.11. The van der Waals surface area contributed by atoms with E-state index in [0.29, 0.717) is 5.75 Å². The Balaban J connectivity index is 1.61. The Morgan fingerprint density at radius 1 is 1.25 bits per heavy atom. The van der Waals surface area contributed by atoms with Crippen molar-refractivity contribution in [3.05, 3.63) is 74.6 Å². The number of aromatic nitrogens is 2. The summed E-state index contributed by atoms with van der Waals surface area (Å²) >= 11 is 6.76. The van der Waals surface area contributed by atoms with E-state index < -0.39 is 0 Å². The molecule has 0 spiro atoms. The summed E-state index contributed by atoms with van der Waals surface area (Å²) in [7, 11) is 0. The number of hydrazone groups is 1. The minimum absolute atomic E-state index is 0.134. The number of halogens is 2. The van der Waals surface area contributed by atoms with Crippen molar-refractivity contribution in [1.29, 1.82) is 0 Å². The lowest BCUT2D eigenvalue weighted by atomic mass is 10.3. The van der Waals surface area contributed by atoms with Crippen molar-refractivity contribution in [3.63, 3.8) is 0 Å². The molecule has 1 N–H and O–H groups in total. The molecule has 0 aliphatic rings. The molecule has 8 heteroatoms. The van der Waals surface area contributed by atoms with Gasteiger partial charge in [0.15, 0.2) is 6.61 Å². The monoisotopic (exact) mass is 504 g/mol. The number of rotatable bonds is 6. The van der Waals surface area contributed by atoms with Gasteiger partial charge < -0.3 is 9.30 Å². The minimum Gasteiger partial charge on any atom is -0.483 e. The third-order valence-corrected chi connectivity index (χ3v) is 5.11. The summed E-state index contributed by atoms with van der Waals surface area (Å²) in [6.07, 6.45) is 3.38. The van der Waals surface area contributed by atoms with Gasteiger partial charge in [-0.2, -0.15) is 5.10 Å². The highest BCUT2D eigenvalue weighted by atomic mass is 79.9. The van der Waals surface area contributed by atoms with Crippen LogP contribution >= 0.6 is 31.9 Å². The van der Waals surface area contributed by atoms with Crippen LogP contribution in [0.25, 0.3) is 5.82 Å². The van der Waals surface area contributed by atoms with Gasteiger partial charge in [-0.25, -0.2) is 10.4 Å². The van der Waals surface area contributed by atoms with Crippen LogP contribution in [0.5, 0.6) is 5.75 Å². The van der Waals surface area contributed by atoms with Crippen molar-refractivity contribution in [2.45, 2.75) is 13.8 Å². The fraction of sp³-hybridized carbons (Fsp3) is 0.150. The van der Waals surface area contributed by atoms with Crippen molar-refractivity contribution in [2.75, 3.05) is 6.61 Å². The molecule has 3 rings (SSSR count). The van der Waals surface area contributed by atoms with Crippen LogP contribution in [0.2, 0.25) is 0 Å². The lowest BCUT2D eigenvalue weighted by Gasteiger charge is -2.08. The first kappa shape index (κ1) is 20.3. The molecule has 2 aromatic heterocycles. The first-order valence-corrected chi connectivity index (χ1v) is 10.0. The summed E-state index contributed by atoms with van der Waals surface area (Å²) < 4.78 is 9.22. The summed E-state index contributed by atoms with van der Waals surface area (Å²) in [6.45, 7) is 3.85. The average molecular weight is 506 g/mol. The molecule has 0 aliphatic heterocycles. The molecule has 6 nitrogen and oxygen atoms in total. The molecule has 0 radical (unpaired) electrons. The smallest absolute Gasteiger partial charge is 0.277 e. The van der Waals surface area contributed by atoms with E-state index >= 15 is 0 Å². The number of benzene rings is 1. The maximum atomic E-state index is 12.0. The average Bonchev–Trinajstić information content (AvgIpc) is 2.95. The zero-order chi connectivity index (χ0) is 20.1. The third kappa shape index (κ3) is 4.88. The van der Waals surface area contributed by atoms with Crippen molar-refractivity contribution in [1.82, 2.24) is 15.0 Å². The van der Waals surface area contributed by atoms with Gasteiger partial charge >= 0.3 is 0 Å². The summed E-state index contributed by atoms with van der Waals surface area (Å²) in [4.78, 5) is 16.4. The van der Waals surface area contributed by atoms with Crippen LogP contribution in [-0.2, 0) is 4.79 Å². The summed E-state index contributed by atoms with van der Waals surface area (Å²) in [5, 5.41) is 4.04. The number of nitrogens with zero attached hydrogens (tertiary/aromatic N) is 3. The number of carbonyl (C=O) groups excluding carboxylic acids is 1. The van der Waals surface area contributed by atoms with Gasteiger partial charge in [-0.1, -0.05) is 22.0 Å². The highest BCUT2D eigenvalue weighted by Crippen LogP contribution is 2.28. The standard InChI is InChI=1S/C20H18Br2N4O2/c1-13-9-15(14(2)26(13)19-5-3-4-8-23-19)11-24-25-20(27)12-28-18-7-6-16(21)10-17(18)22/h3-11H,12H2,1-2H3,(H,25,27)/b24-11+. The van der Waals surface area contributed by atoms with Crippen molar-refractivity contribution < 1.29 is 9.53 Å². The molecular weight excluding hydrogens is 488 g/mol. The molecule has 28 heavy (non-hydrogen) atoms. The molecule has 0 unspecified atom stereocenters. The molecular formula is C20H18Br2N4O2. The van der Waals surface area contributed by atoms with Crippen LogP contribution < -0.4 is 10.2 Å². The molecule has 2 heterocycles. The number of aryl methyl sites for hydroxylation is 1. The molecule has 0 aliphatic carbocycles. The van der Waals surface area contributed by atoms with Crippen LogP contribution in [0.15, 0.2) is 62.7 Å². The van der Waals surface area contributed by atoms with Crippen molar-refractivity contribution in [3.8, 4) is 11.6 Å². The minimum atomic E-state index is -0.343. The molecule has 0 atom stereocenters. The van der Waals surface area contributed by atoms with E-state index in [0.717, 1.165) is 31.7 Å². The second-order valence-corrected chi connectivity index (χ2v) is 7.78. The Labute approximate surface area is 179 Å². The lowest BCUT2D eigenvalue weighted by molar-refractivity contribution is -0.123. The van der Waals surface area contributed by atoms with Gasteiger partial charge in [0.2, 0.25) is 0 Å². The van der Waals surface area contributed by atoms with E-state index in [4.69, 9.17) is 4.74 Å². The van der Waals surface area contributed by atoms with Gasteiger partial charge in [0.1, 0.15) is 11.6 Å². The third-order valence-electron chi connectivity index (χ3n) is 3.99. The number of hydrogen-bond donors (Lipinski definition) is 1. The maximum Gasteiger partial charge on any atom is 0.277 e. The largest absolute Gasteiger partial charge is 0.483 e. The number of pyridine rings is 1. The zero-order valence-corrected chi connectivity index (χ0v) is 18.5. The Morgan fingerprint density at radius 2 is 2.07 bits per heavy atom. The number of hydrogen-bond acceptors (Lipinski definition) is 4. The van der Waals surface area contributed by atoms with Gasteiger partial charge in [0.25, 0.3) is 5.91 Å². The van der Waals surface area contributed by atoms with Gasteiger partial charge in [-0.3, -0.25) is 4.79 Å². The van der Waals surface area contributed by atoms with Crippen LogP contribution in [0.3, 0.4) is 0 Å². The second kappa shape index (κ2) is 9.16. The Bertz CT molecular complexity index is 1020. The molecule has 1 aromatic carbocycles. The predicted molar refractivity (Wildman–Crippen MR) is 116 cm³/mol. The fourth-order valence-corrected chi connectivity index (χ4v) is 3.86. The number of nitrogens with one attached hydrogen (secondary N) is 1. The van der Waals surface area contributed by atoms with Crippen LogP contribution in [0.4, 0.5) is 0 Å². The normalized spacial score (nSPS) is 11.0. The zero-order valence-electron chi connectivity index (χ0n) is 15.3. The Morgan fingerprint density at radius 3 is 2.79 bits per heavy atom. The summed E-state index contributed by atoms with van der Waals surface area (Å²) in [5.41, 5.74) is 5.41. The molecule has 144 valence electrons. The molecule has 0 fully saturated rings. The number of ether oxygens (including phenoxy) is 1. The van der Waals surface area contributed by atoms with E-state index in [1.165, 1.54) is 0 Å². The molecule has 1 amide bonds. The van der Waals surface area contributed by atoms with Gasteiger partial charge in [-0.05, 0) is 66.2 Å². The topological polar surface area (TPSA) is 68.5 Å². The van der Waals surface area contributed by atoms with Gasteiger partial charge in [0, 0.05) is 27.6 Å². The molecule has 0 saturated carbocycles. The quantitative estimate of drug-likeness (QED) is 0.395. The van der Waals surface area contributed by atoms with Gasteiger partial charge in [0.05, 0.1) is 10.7 Å². The van der Waals surface area contributed by atoms with E-state index in [1.54, 1.807) is 18.5 Å². The predicted octanol–water partition coefficient (Wildman–Crippen LogP) is 4.54. The number of amides is 1. The Kier molecular flexibility index (Phi) is 6.64. The SMILES string of the molecule is Cc1cc(/C=N/NC(=O)COc2ccc(Br)cc2Br)c(C)n1-c1ccccn1. The Hall–Kier alpha value is -2.45. The molecule has 3 aromatic rings. The lowest BCUT2D eigenvalue weighted by Crippen LogP contribution is -2.24. The second-order valence-electron chi connectivity index (χ2n) is 6.01. The first-order chi connectivity index (χ1) is 13.5. The van der Waals surface area contributed by atoms with E-state index in [-0.39, 0.29) is 12.5 Å². The van der Waals surface area contributed by atoms with E-state index in [2.05, 4.69) is 47.4 Å². The maximum absolute atomic E-state index is 12.0. The van der Waals surface area contributed by atoms with Crippen LogP contribution in [0, 0.1) is 13.8 Å². The van der Waals surface area contributed by atoms with Crippen molar-refractivity contribution >= 4 is 44.0 Å². The van der Waals surface area contributed by atoms with Crippen LogP contribution in [0.1, 0.15) is 17.0 Å². The van der Waals surface area contributed by atoms with E-state index in [1.807, 2.05) is 54.8 Å². The van der Waals surface area contributed by atoms with Gasteiger partial charge in [-0.15, -0.1) is 0 Å². The molecule has 0 saturated heterocycles. The molecule has 0 bridgehead atoms. The summed E-state index contributed by atoms with van der Waals surface area (Å²) in [6, 6.07) is 13.2. The van der Waals surface area contributed by atoms with Crippen LogP contribution in [-0.4, -0.2) is 28.3 Å². The summed E-state index contributed by atoms with van der Waals surface area (Å²) in [5.74, 6) is 1.08. The highest BCUT2D eigenvalue weighted by Gasteiger charge is 2.10. The fourth-order valence-electron chi connectivity index (χ4n) is 2.70.